The number of benzene rings is 3. The maximum absolute atomic E-state index is 12.5. The van der Waals surface area contributed by atoms with Gasteiger partial charge in [0.25, 0.3) is 0 Å². The Hall–Kier alpha value is -3.84. The van der Waals surface area contributed by atoms with Crippen molar-refractivity contribution in [3.8, 4) is 11.1 Å². The van der Waals surface area contributed by atoms with Crippen LogP contribution in [0.25, 0.3) is 11.1 Å². The second kappa shape index (κ2) is 10.6. The lowest BCUT2D eigenvalue weighted by molar-refractivity contribution is -0.116. The lowest BCUT2D eigenvalue weighted by Gasteiger charge is -2.19. The molecule has 4 rings (SSSR count). The number of rotatable bonds is 8. The Labute approximate surface area is 208 Å². The number of nitrogens with one attached hydrogen (secondary N) is 2. The molecule has 3 N–H and O–H groups in total. The number of carbonyl (C=O) groups excluding carboxylic acids is 2. The number of halogens is 1. The van der Waals surface area contributed by atoms with E-state index in [2.05, 4.69) is 22.8 Å². The zero-order valence-electron chi connectivity index (χ0n) is 19.1. The molecule has 0 heterocycles. The number of anilines is 1. The maximum Gasteiger partial charge on any atom is 0.407 e. The maximum atomic E-state index is 12.5. The smallest absolute Gasteiger partial charge is 0.407 e. The summed E-state index contributed by atoms with van der Waals surface area (Å²) in [5, 5.41) is 14.7. The number of ether oxygens (including phenoxy) is 1. The molecule has 180 valence electrons. The SMILES string of the molecule is CCC(CC(=O)Nc1cc(Cl)cc(C(=O)O)c1)NC(=O)OCC1c2ccccc2-c2ccccc21. The van der Waals surface area contributed by atoms with Crippen molar-refractivity contribution in [3.63, 3.8) is 0 Å². The number of hydrogen-bond donors (Lipinski definition) is 3. The van der Waals surface area contributed by atoms with Crippen LogP contribution in [0.15, 0.2) is 66.7 Å². The molecule has 3 aromatic rings. The fourth-order valence-electron chi connectivity index (χ4n) is 4.33. The Kier molecular flexibility index (Phi) is 7.36. The molecule has 8 heteroatoms. The standard InChI is InChI=1S/C27H25ClN2O5/c1-2-18(14-25(31)29-19-12-16(26(32)33)11-17(28)13-19)30-27(34)35-15-24-22-9-5-3-7-20(22)21-8-4-6-10-23(21)24/h3-13,18,24H,2,14-15H2,1H3,(H,29,31)(H,30,34)(H,32,33). The largest absolute Gasteiger partial charge is 0.478 e. The third-order valence-corrected chi connectivity index (χ3v) is 6.24. The highest BCUT2D eigenvalue weighted by Crippen LogP contribution is 2.44. The average molecular weight is 493 g/mol. The van der Waals surface area contributed by atoms with E-state index in [9.17, 15) is 14.4 Å². The molecule has 7 nitrogen and oxygen atoms in total. The van der Waals surface area contributed by atoms with Gasteiger partial charge in [-0.15, -0.1) is 0 Å². The number of carboxylic acids is 1. The zero-order valence-corrected chi connectivity index (χ0v) is 19.8. The van der Waals surface area contributed by atoms with Gasteiger partial charge in [-0.05, 0) is 46.9 Å². The number of hydrogen-bond acceptors (Lipinski definition) is 4. The third kappa shape index (κ3) is 5.63. The van der Waals surface area contributed by atoms with Gasteiger partial charge in [-0.2, -0.15) is 0 Å². The number of carboxylic acid groups (broad SMARTS) is 1. The minimum absolute atomic E-state index is 0.00435. The number of fused-ring (bicyclic) bond motifs is 3. The van der Waals surface area contributed by atoms with Crippen molar-refractivity contribution in [1.29, 1.82) is 0 Å². The zero-order chi connectivity index (χ0) is 24.9. The van der Waals surface area contributed by atoms with E-state index >= 15 is 0 Å². The quantitative estimate of drug-likeness (QED) is 0.375. The van der Waals surface area contributed by atoms with Gasteiger partial charge in [0, 0.05) is 29.1 Å². The topological polar surface area (TPSA) is 105 Å². The van der Waals surface area contributed by atoms with Crippen molar-refractivity contribution in [2.45, 2.75) is 31.7 Å². The van der Waals surface area contributed by atoms with Crippen LogP contribution in [0, 0.1) is 0 Å². The Balaban J connectivity index is 1.34. The lowest BCUT2D eigenvalue weighted by atomic mass is 9.98. The van der Waals surface area contributed by atoms with Crippen LogP contribution in [0.2, 0.25) is 5.02 Å². The van der Waals surface area contributed by atoms with Crippen molar-refractivity contribution >= 4 is 35.3 Å². The van der Waals surface area contributed by atoms with Crippen LogP contribution in [0.3, 0.4) is 0 Å². The fourth-order valence-corrected chi connectivity index (χ4v) is 4.56. The average Bonchev–Trinajstić information content (AvgIpc) is 3.15. The number of alkyl carbamates (subject to hydrolysis) is 1. The first-order valence-corrected chi connectivity index (χ1v) is 11.7. The van der Waals surface area contributed by atoms with E-state index in [1.807, 2.05) is 43.3 Å². The van der Waals surface area contributed by atoms with Gasteiger partial charge < -0.3 is 20.5 Å². The Morgan fingerprint density at radius 3 is 2.23 bits per heavy atom. The summed E-state index contributed by atoms with van der Waals surface area (Å²) in [4.78, 5) is 36.2. The van der Waals surface area contributed by atoms with Gasteiger partial charge in [0.2, 0.25) is 5.91 Å². The molecule has 0 bridgehead atoms. The molecule has 35 heavy (non-hydrogen) atoms. The van der Waals surface area contributed by atoms with Crippen LogP contribution in [-0.4, -0.2) is 35.7 Å². The number of aromatic carboxylic acids is 1. The van der Waals surface area contributed by atoms with Gasteiger partial charge in [0.15, 0.2) is 0 Å². The van der Waals surface area contributed by atoms with Crippen molar-refractivity contribution < 1.29 is 24.2 Å². The van der Waals surface area contributed by atoms with Gasteiger partial charge in [0.05, 0.1) is 5.56 Å². The summed E-state index contributed by atoms with van der Waals surface area (Å²) in [6.45, 7) is 2.03. The van der Waals surface area contributed by atoms with Crippen LogP contribution in [0.4, 0.5) is 10.5 Å². The second-order valence-corrected chi connectivity index (χ2v) is 8.80. The van der Waals surface area contributed by atoms with Gasteiger partial charge >= 0.3 is 12.1 Å². The number of carbonyl (C=O) groups is 3. The van der Waals surface area contributed by atoms with Crippen molar-refractivity contribution in [1.82, 2.24) is 5.32 Å². The summed E-state index contributed by atoms with van der Waals surface area (Å²) in [7, 11) is 0. The van der Waals surface area contributed by atoms with E-state index in [1.54, 1.807) is 0 Å². The monoisotopic (exact) mass is 492 g/mol. The minimum atomic E-state index is -1.15. The molecular weight excluding hydrogens is 468 g/mol. The molecule has 0 spiro atoms. The first-order chi connectivity index (χ1) is 16.9. The van der Waals surface area contributed by atoms with Gasteiger partial charge in [-0.1, -0.05) is 67.1 Å². The molecule has 0 saturated carbocycles. The van der Waals surface area contributed by atoms with Crippen LogP contribution in [0.5, 0.6) is 0 Å². The third-order valence-electron chi connectivity index (χ3n) is 6.02. The van der Waals surface area contributed by atoms with E-state index in [4.69, 9.17) is 21.4 Å². The van der Waals surface area contributed by atoms with Crippen molar-refractivity contribution in [2.24, 2.45) is 0 Å². The molecule has 0 radical (unpaired) electrons. The summed E-state index contributed by atoms with van der Waals surface area (Å²) >= 11 is 5.94. The highest BCUT2D eigenvalue weighted by Gasteiger charge is 2.29. The second-order valence-electron chi connectivity index (χ2n) is 8.36. The Morgan fingerprint density at radius 2 is 1.63 bits per heavy atom. The predicted octanol–water partition coefficient (Wildman–Crippen LogP) is 5.68. The van der Waals surface area contributed by atoms with Gasteiger partial charge in [-0.3, -0.25) is 4.79 Å². The van der Waals surface area contributed by atoms with Crippen LogP contribution in [0.1, 0.15) is 47.2 Å². The molecule has 1 aliphatic rings. The molecule has 1 unspecified atom stereocenters. The highest BCUT2D eigenvalue weighted by molar-refractivity contribution is 6.31. The lowest BCUT2D eigenvalue weighted by Crippen LogP contribution is -2.38. The fraction of sp³-hybridized carbons (Fsp3) is 0.222. The molecular formula is C27H25ClN2O5. The first kappa shape index (κ1) is 24.3. The summed E-state index contributed by atoms with van der Waals surface area (Å²) in [5.41, 5.74) is 4.78. The molecule has 0 aromatic heterocycles. The van der Waals surface area contributed by atoms with E-state index in [0.717, 1.165) is 22.3 Å². The van der Waals surface area contributed by atoms with Crippen molar-refractivity contribution in [3.05, 3.63) is 88.4 Å². The molecule has 2 amide bonds. The van der Waals surface area contributed by atoms with Crippen LogP contribution in [-0.2, 0) is 9.53 Å². The molecule has 0 fully saturated rings. The van der Waals surface area contributed by atoms with E-state index in [-0.39, 0.29) is 41.1 Å². The minimum Gasteiger partial charge on any atom is -0.478 e. The summed E-state index contributed by atoms with van der Waals surface area (Å²) in [5.74, 6) is -1.58. The summed E-state index contributed by atoms with van der Waals surface area (Å²) in [6.07, 6.45) is -0.0918. The Bertz CT molecular complexity index is 1230. The highest BCUT2D eigenvalue weighted by atomic mass is 35.5. The van der Waals surface area contributed by atoms with E-state index in [1.165, 1.54) is 18.2 Å². The number of amides is 2. The summed E-state index contributed by atoms with van der Waals surface area (Å²) < 4.78 is 5.57. The summed E-state index contributed by atoms with van der Waals surface area (Å²) in [6, 6.07) is 19.8. The normalized spacial score (nSPS) is 12.9. The van der Waals surface area contributed by atoms with E-state index in [0.29, 0.717) is 6.42 Å². The van der Waals surface area contributed by atoms with E-state index < -0.39 is 18.1 Å². The molecule has 0 saturated heterocycles. The van der Waals surface area contributed by atoms with Crippen molar-refractivity contribution in [2.75, 3.05) is 11.9 Å². The first-order valence-electron chi connectivity index (χ1n) is 11.3. The molecule has 1 aliphatic carbocycles. The Morgan fingerprint density at radius 1 is 1.00 bits per heavy atom. The molecule has 0 aliphatic heterocycles. The van der Waals surface area contributed by atoms with Gasteiger partial charge in [0.1, 0.15) is 6.61 Å². The van der Waals surface area contributed by atoms with Crippen LogP contribution >= 0.6 is 11.6 Å². The predicted molar refractivity (Wildman–Crippen MR) is 134 cm³/mol. The van der Waals surface area contributed by atoms with Gasteiger partial charge in [-0.25, -0.2) is 9.59 Å². The molecule has 3 aromatic carbocycles. The van der Waals surface area contributed by atoms with Crippen LogP contribution < -0.4 is 10.6 Å². The molecule has 1 atom stereocenters.